The van der Waals surface area contributed by atoms with Crippen LogP contribution in [0.3, 0.4) is 0 Å². The molecule has 0 aliphatic carbocycles. The van der Waals surface area contributed by atoms with E-state index < -0.39 is 0 Å². The van der Waals surface area contributed by atoms with Crippen molar-refractivity contribution in [2.45, 2.75) is 46.1 Å². The van der Waals surface area contributed by atoms with Gasteiger partial charge in [0, 0.05) is 31.5 Å². The van der Waals surface area contributed by atoms with Crippen LogP contribution in [0.15, 0.2) is 6.07 Å². The van der Waals surface area contributed by atoms with Crippen molar-refractivity contribution in [3.05, 3.63) is 17.0 Å². The van der Waals surface area contributed by atoms with Crippen molar-refractivity contribution < 1.29 is 4.79 Å². The normalized spacial score (nSPS) is 12.0. The lowest BCUT2D eigenvalue weighted by molar-refractivity contribution is -0.121. The Hall–Kier alpha value is -1.36. The van der Waals surface area contributed by atoms with E-state index in [0.717, 1.165) is 12.8 Å². The lowest BCUT2D eigenvalue weighted by Gasteiger charge is -2.12. The van der Waals surface area contributed by atoms with E-state index in [1.807, 2.05) is 20.8 Å². The van der Waals surface area contributed by atoms with Crippen LogP contribution in [0.2, 0.25) is 5.15 Å². The van der Waals surface area contributed by atoms with Crippen LogP contribution in [0.1, 0.15) is 39.4 Å². The molecule has 0 saturated heterocycles. The lowest BCUT2D eigenvalue weighted by atomic mass is 10.2. The van der Waals surface area contributed by atoms with Crippen LogP contribution < -0.4 is 10.6 Å². The molecule has 0 aromatic carbocycles. The summed E-state index contributed by atoms with van der Waals surface area (Å²) in [4.78, 5) is 20.0. The predicted molar refractivity (Wildman–Crippen MR) is 77.4 cm³/mol. The maximum atomic E-state index is 11.6. The van der Waals surface area contributed by atoms with Gasteiger partial charge >= 0.3 is 0 Å². The topological polar surface area (TPSA) is 66.9 Å². The smallest absolute Gasteiger partial charge is 0.221 e. The molecule has 2 N–H and O–H groups in total. The van der Waals surface area contributed by atoms with Gasteiger partial charge < -0.3 is 10.6 Å². The Balaban J connectivity index is 2.40. The molecule has 1 amide bonds. The second-order valence-corrected chi connectivity index (χ2v) is 4.79. The van der Waals surface area contributed by atoms with E-state index in [1.54, 1.807) is 6.07 Å². The highest BCUT2D eigenvalue weighted by Crippen LogP contribution is 2.11. The highest BCUT2D eigenvalue weighted by atomic mass is 35.5. The van der Waals surface area contributed by atoms with Crippen LogP contribution in [-0.2, 0) is 11.2 Å². The molecule has 1 aromatic heterocycles. The number of anilines is 1. The molecule has 0 fully saturated rings. The van der Waals surface area contributed by atoms with E-state index in [-0.39, 0.29) is 11.9 Å². The average Bonchev–Trinajstić information content (AvgIpc) is 2.37. The van der Waals surface area contributed by atoms with Crippen LogP contribution in [-0.4, -0.2) is 28.5 Å². The molecular formula is C13H21ClN4O. The lowest BCUT2D eigenvalue weighted by Crippen LogP contribution is -2.33. The number of halogens is 1. The molecule has 0 saturated carbocycles. The number of hydrogen-bond acceptors (Lipinski definition) is 4. The van der Waals surface area contributed by atoms with Gasteiger partial charge in [0.2, 0.25) is 5.91 Å². The molecular weight excluding hydrogens is 264 g/mol. The SMILES string of the molecule is CCc1nc(Cl)cc(NCCC(=O)NC(C)CC)n1. The van der Waals surface area contributed by atoms with Crippen LogP contribution in [0.5, 0.6) is 0 Å². The Labute approximate surface area is 119 Å². The Kier molecular flexibility index (Phi) is 6.56. The summed E-state index contributed by atoms with van der Waals surface area (Å²) < 4.78 is 0. The number of aryl methyl sites for hydroxylation is 1. The molecule has 1 rings (SSSR count). The Morgan fingerprint density at radius 2 is 2.16 bits per heavy atom. The second-order valence-electron chi connectivity index (χ2n) is 4.40. The minimum absolute atomic E-state index is 0.0396. The summed E-state index contributed by atoms with van der Waals surface area (Å²) in [6, 6.07) is 1.88. The summed E-state index contributed by atoms with van der Waals surface area (Å²) in [5.41, 5.74) is 0. The summed E-state index contributed by atoms with van der Waals surface area (Å²) in [6.45, 7) is 6.52. The first kappa shape index (κ1) is 15.7. The van der Waals surface area contributed by atoms with Gasteiger partial charge in [0.1, 0.15) is 16.8 Å². The maximum Gasteiger partial charge on any atom is 0.221 e. The van der Waals surface area contributed by atoms with Gasteiger partial charge in [0.05, 0.1) is 0 Å². The van der Waals surface area contributed by atoms with E-state index in [1.165, 1.54) is 0 Å². The zero-order valence-corrected chi connectivity index (χ0v) is 12.4. The molecule has 6 heteroatoms. The Morgan fingerprint density at radius 1 is 1.42 bits per heavy atom. The zero-order chi connectivity index (χ0) is 14.3. The standard InChI is InChI=1S/C13H21ClN4O/c1-4-9(3)16-13(19)6-7-15-12-8-10(14)17-11(5-2)18-12/h8-9H,4-7H2,1-3H3,(H,16,19)(H,15,17,18). The highest BCUT2D eigenvalue weighted by molar-refractivity contribution is 6.29. The maximum absolute atomic E-state index is 11.6. The van der Waals surface area contributed by atoms with Crippen molar-refractivity contribution in [1.82, 2.24) is 15.3 Å². The number of rotatable bonds is 7. The van der Waals surface area contributed by atoms with E-state index in [2.05, 4.69) is 20.6 Å². The number of nitrogens with zero attached hydrogens (tertiary/aromatic N) is 2. The molecule has 0 aliphatic heterocycles. The number of carbonyl (C=O) groups is 1. The second kappa shape index (κ2) is 7.94. The fourth-order valence-corrected chi connectivity index (χ4v) is 1.67. The first-order valence-corrected chi connectivity index (χ1v) is 6.99. The molecule has 1 atom stereocenters. The molecule has 0 spiro atoms. The van der Waals surface area contributed by atoms with Crippen LogP contribution in [0.25, 0.3) is 0 Å². The molecule has 1 unspecified atom stereocenters. The minimum Gasteiger partial charge on any atom is -0.369 e. The Morgan fingerprint density at radius 3 is 2.79 bits per heavy atom. The monoisotopic (exact) mass is 284 g/mol. The summed E-state index contributed by atoms with van der Waals surface area (Å²) in [5.74, 6) is 1.39. The number of nitrogens with one attached hydrogen (secondary N) is 2. The van der Waals surface area contributed by atoms with Crippen LogP contribution in [0.4, 0.5) is 5.82 Å². The molecule has 0 radical (unpaired) electrons. The van der Waals surface area contributed by atoms with E-state index in [9.17, 15) is 4.79 Å². The number of hydrogen-bond donors (Lipinski definition) is 2. The molecule has 0 aliphatic rings. The molecule has 1 heterocycles. The summed E-state index contributed by atoms with van der Waals surface area (Å²) >= 11 is 5.89. The molecule has 5 nitrogen and oxygen atoms in total. The van der Waals surface area contributed by atoms with Crippen LogP contribution >= 0.6 is 11.6 Å². The van der Waals surface area contributed by atoms with Crippen molar-refractivity contribution in [3.8, 4) is 0 Å². The van der Waals surface area contributed by atoms with E-state index in [0.29, 0.717) is 29.8 Å². The zero-order valence-electron chi connectivity index (χ0n) is 11.7. The third kappa shape index (κ3) is 5.87. The van der Waals surface area contributed by atoms with Gasteiger partial charge in [-0.05, 0) is 13.3 Å². The third-order valence-corrected chi connectivity index (χ3v) is 2.93. The third-order valence-electron chi connectivity index (χ3n) is 2.74. The van der Waals surface area contributed by atoms with Crippen molar-refractivity contribution >= 4 is 23.3 Å². The summed E-state index contributed by atoms with van der Waals surface area (Å²) in [7, 11) is 0. The summed E-state index contributed by atoms with van der Waals surface area (Å²) in [6.07, 6.45) is 2.07. The van der Waals surface area contributed by atoms with Gasteiger partial charge in [-0.15, -0.1) is 0 Å². The van der Waals surface area contributed by atoms with E-state index in [4.69, 9.17) is 11.6 Å². The molecule has 1 aromatic rings. The van der Waals surface area contributed by atoms with Crippen LogP contribution in [0, 0.1) is 0 Å². The van der Waals surface area contributed by atoms with E-state index >= 15 is 0 Å². The number of amides is 1. The van der Waals surface area contributed by atoms with Gasteiger partial charge in [0.15, 0.2) is 0 Å². The van der Waals surface area contributed by atoms with Crippen molar-refractivity contribution in [3.63, 3.8) is 0 Å². The quantitative estimate of drug-likeness (QED) is 0.755. The predicted octanol–water partition coefficient (Wildman–Crippen LogP) is 2.41. The minimum atomic E-state index is 0.0396. The Bertz CT molecular complexity index is 425. The van der Waals surface area contributed by atoms with Gasteiger partial charge in [-0.1, -0.05) is 25.4 Å². The first-order valence-electron chi connectivity index (χ1n) is 6.61. The first-order chi connectivity index (χ1) is 9.05. The number of carbonyl (C=O) groups excluding carboxylic acids is 1. The summed E-state index contributed by atoms with van der Waals surface area (Å²) in [5, 5.41) is 6.41. The van der Waals surface area contributed by atoms with Gasteiger partial charge in [0.25, 0.3) is 0 Å². The van der Waals surface area contributed by atoms with Crippen molar-refractivity contribution in [2.75, 3.05) is 11.9 Å². The van der Waals surface area contributed by atoms with Gasteiger partial charge in [-0.3, -0.25) is 4.79 Å². The van der Waals surface area contributed by atoms with Gasteiger partial charge in [-0.25, -0.2) is 9.97 Å². The van der Waals surface area contributed by atoms with Gasteiger partial charge in [-0.2, -0.15) is 0 Å². The average molecular weight is 285 g/mol. The van der Waals surface area contributed by atoms with Crippen molar-refractivity contribution in [2.24, 2.45) is 0 Å². The molecule has 19 heavy (non-hydrogen) atoms. The largest absolute Gasteiger partial charge is 0.369 e. The highest BCUT2D eigenvalue weighted by Gasteiger charge is 2.06. The molecule has 106 valence electrons. The fraction of sp³-hybridized carbons (Fsp3) is 0.615. The number of aromatic nitrogens is 2. The fourth-order valence-electron chi connectivity index (χ4n) is 1.47. The molecule has 0 bridgehead atoms. The van der Waals surface area contributed by atoms with Crippen molar-refractivity contribution in [1.29, 1.82) is 0 Å².